The van der Waals surface area contributed by atoms with Crippen LogP contribution in [0.15, 0.2) is 89.0 Å². The van der Waals surface area contributed by atoms with E-state index in [2.05, 4.69) is 33.0 Å². The number of hydrogen-bond acceptors (Lipinski definition) is 6. The number of carbonyl (C=O) groups is 2. The fourth-order valence-corrected chi connectivity index (χ4v) is 3.11. The Morgan fingerprint density at radius 2 is 1.82 bits per heavy atom. The predicted molar refractivity (Wildman–Crippen MR) is 129 cm³/mol. The van der Waals surface area contributed by atoms with Gasteiger partial charge in [-0.1, -0.05) is 34.7 Å². The number of rotatable bonds is 9. The van der Waals surface area contributed by atoms with Gasteiger partial charge in [-0.2, -0.15) is 5.10 Å². The molecular formula is C25H21BrN2O5. The van der Waals surface area contributed by atoms with Crippen LogP contribution in [0.2, 0.25) is 0 Å². The molecule has 0 aliphatic carbocycles. The molecule has 0 aromatic heterocycles. The van der Waals surface area contributed by atoms with Gasteiger partial charge in [0, 0.05) is 10.0 Å². The van der Waals surface area contributed by atoms with Crippen molar-refractivity contribution in [3.8, 4) is 17.2 Å². The largest absolute Gasteiger partial charge is 0.493 e. The quantitative estimate of drug-likeness (QED) is 0.144. The lowest BCUT2D eigenvalue weighted by atomic mass is 10.2. The zero-order valence-electron chi connectivity index (χ0n) is 17.8. The van der Waals surface area contributed by atoms with E-state index in [1.807, 2.05) is 6.07 Å². The van der Waals surface area contributed by atoms with Crippen LogP contribution >= 0.6 is 15.9 Å². The Morgan fingerprint density at radius 1 is 1.03 bits per heavy atom. The smallest absolute Gasteiger partial charge is 0.343 e. The molecule has 0 saturated heterocycles. The third-order valence-electron chi connectivity index (χ3n) is 4.31. The summed E-state index contributed by atoms with van der Waals surface area (Å²) in [6.45, 7) is 3.98. The molecule has 33 heavy (non-hydrogen) atoms. The molecule has 0 saturated carbocycles. The summed E-state index contributed by atoms with van der Waals surface area (Å²) in [5.41, 5.74) is 3.94. The summed E-state index contributed by atoms with van der Waals surface area (Å²) in [6.07, 6.45) is 3.10. The van der Waals surface area contributed by atoms with Gasteiger partial charge in [0.2, 0.25) is 0 Å². The highest BCUT2D eigenvalue weighted by atomic mass is 79.9. The monoisotopic (exact) mass is 508 g/mol. The standard InChI is InChI=1S/C25H21BrN2O5/c1-3-13-32-21-10-8-18(9-11-21)24(29)28-27-16-17-7-12-22(23(14-17)31-2)33-25(30)19-5-4-6-20(26)15-19/h3-12,14-16H,1,13H2,2H3,(H,28,29)/b27-16+. The summed E-state index contributed by atoms with van der Waals surface area (Å²) in [5, 5.41) is 3.98. The molecule has 3 aromatic carbocycles. The summed E-state index contributed by atoms with van der Waals surface area (Å²) < 4.78 is 16.9. The van der Waals surface area contributed by atoms with Gasteiger partial charge in [0.05, 0.1) is 18.9 Å². The summed E-state index contributed by atoms with van der Waals surface area (Å²) in [6, 6.07) is 18.5. The van der Waals surface area contributed by atoms with Crippen LogP contribution in [0.3, 0.4) is 0 Å². The first kappa shape index (κ1) is 23.7. The summed E-state index contributed by atoms with van der Waals surface area (Å²) >= 11 is 3.33. The minimum Gasteiger partial charge on any atom is -0.493 e. The molecule has 1 amide bonds. The van der Waals surface area contributed by atoms with E-state index < -0.39 is 5.97 Å². The molecule has 3 aromatic rings. The number of esters is 1. The number of halogens is 1. The van der Waals surface area contributed by atoms with E-state index in [4.69, 9.17) is 14.2 Å². The van der Waals surface area contributed by atoms with Crippen molar-refractivity contribution in [2.75, 3.05) is 13.7 Å². The van der Waals surface area contributed by atoms with Crippen LogP contribution in [-0.4, -0.2) is 31.8 Å². The number of amides is 1. The molecule has 0 radical (unpaired) electrons. The number of nitrogens with one attached hydrogen (secondary N) is 1. The van der Waals surface area contributed by atoms with Crippen LogP contribution in [0.4, 0.5) is 0 Å². The van der Waals surface area contributed by atoms with Gasteiger partial charge in [0.1, 0.15) is 12.4 Å². The van der Waals surface area contributed by atoms with Crippen molar-refractivity contribution >= 4 is 34.0 Å². The van der Waals surface area contributed by atoms with Gasteiger partial charge in [0.15, 0.2) is 11.5 Å². The van der Waals surface area contributed by atoms with Crippen molar-refractivity contribution in [3.63, 3.8) is 0 Å². The molecule has 7 nitrogen and oxygen atoms in total. The number of hydrogen-bond donors (Lipinski definition) is 1. The minimum atomic E-state index is -0.510. The topological polar surface area (TPSA) is 86.2 Å². The second kappa shape index (κ2) is 11.6. The molecule has 8 heteroatoms. The summed E-state index contributed by atoms with van der Waals surface area (Å²) in [7, 11) is 1.47. The van der Waals surface area contributed by atoms with Crippen LogP contribution in [0.5, 0.6) is 17.2 Å². The number of methoxy groups -OCH3 is 1. The molecule has 0 aliphatic rings. The average Bonchev–Trinajstić information content (AvgIpc) is 2.83. The number of hydrazone groups is 1. The fourth-order valence-electron chi connectivity index (χ4n) is 2.71. The highest BCUT2D eigenvalue weighted by Crippen LogP contribution is 2.28. The molecule has 0 atom stereocenters. The van der Waals surface area contributed by atoms with Gasteiger partial charge in [-0.3, -0.25) is 4.79 Å². The lowest BCUT2D eigenvalue weighted by molar-refractivity contribution is 0.0729. The van der Waals surface area contributed by atoms with Gasteiger partial charge in [-0.25, -0.2) is 10.2 Å². The summed E-state index contributed by atoms with van der Waals surface area (Å²) in [4.78, 5) is 24.6. The van der Waals surface area contributed by atoms with E-state index in [9.17, 15) is 9.59 Å². The van der Waals surface area contributed by atoms with Gasteiger partial charge in [-0.05, 0) is 66.2 Å². The van der Waals surface area contributed by atoms with Crippen molar-refractivity contribution in [2.45, 2.75) is 0 Å². The maximum Gasteiger partial charge on any atom is 0.343 e. The van der Waals surface area contributed by atoms with E-state index in [0.717, 1.165) is 4.47 Å². The van der Waals surface area contributed by atoms with Crippen LogP contribution in [0, 0.1) is 0 Å². The van der Waals surface area contributed by atoms with Crippen molar-refractivity contribution in [2.24, 2.45) is 5.10 Å². The Labute approximate surface area is 199 Å². The average molecular weight is 509 g/mol. The van der Waals surface area contributed by atoms with E-state index in [1.54, 1.807) is 66.7 Å². The second-order valence-corrected chi connectivity index (χ2v) is 7.55. The first-order chi connectivity index (χ1) is 16.0. The SMILES string of the molecule is C=CCOc1ccc(C(=O)N/N=C/c2ccc(OC(=O)c3cccc(Br)c3)c(OC)c2)cc1. The predicted octanol–water partition coefficient (Wildman–Crippen LogP) is 5.01. The lowest BCUT2D eigenvalue weighted by Gasteiger charge is -2.10. The Hall–Kier alpha value is -3.91. The van der Waals surface area contributed by atoms with Crippen molar-refractivity contribution in [1.82, 2.24) is 5.43 Å². The molecule has 0 spiro atoms. The molecule has 168 valence electrons. The fraction of sp³-hybridized carbons (Fsp3) is 0.0800. The first-order valence-corrected chi connectivity index (χ1v) is 10.6. The minimum absolute atomic E-state index is 0.266. The van der Waals surface area contributed by atoms with Crippen molar-refractivity contribution < 1.29 is 23.8 Å². The maximum absolute atomic E-state index is 12.4. The molecule has 0 aliphatic heterocycles. The highest BCUT2D eigenvalue weighted by Gasteiger charge is 2.13. The van der Waals surface area contributed by atoms with Gasteiger partial charge in [-0.15, -0.1) is 0 Å². The Morgan fingerprint density at radius 3 is 2.52 bits per heavy atom. The third-order valence-corrected chi connectivity index (χ3v) is 4.81. The van der Waals surface area contributed by atoms with Crippen molar-refractivity contribution in [3.05, 3.63) is 101 Å². The Kier molecular flexibility index (Phi) is 8.37. The Balaban J connectivity index is 1.62. The molecule has 0 heterocycles. The Bertz CT molecular complexity index is 1180. The highest BCUT2D eigenvalue weighted by molar-refractivity contribution is 9.10. The van der Waals surface area contributed by atoms with Crippen molar-refractivity contribution in [1.29, 1.82) is 0 Å². The summed E-state index contributed by atoms with van der Waals surface area (Å²) in [5.74, 6) is 0.381. The molecule has 0 unspecified atom stereocenters. The number of nitrogens with zero attached hydrogens (tertiary/aromatic N) is 1. The van der Waals surface area contributed by atoms with Crippen LogP contribution in [-0.2, 0) is 0 Å². The number of carbonyl (C=O) groups excluding carboxylic acids is 2. The van der Waals surface area contributed by atoms with E-state index in [0.29, 0.717) is 34.8 Å². The third kappa shape index (κ3) is 6.78. The normalized spacial score (nSPS) is 10.5. The number of benzene rings is 3. The van der Waals surface area contributed by atoms with E-state index >= 15 is 0 Å². The van der Waals surface area contributed by atoms with Gasteiger partial charge in [0.25, 0.3) is 5.91 Å². The van der Waals surface area contributed by atoms with Crippen LogP contribution < -0.4 is 19.6 Å². The lowest BCUT2D eigenvalue weighted by Crippen LogP contribution is -2.17. The van der Waals surface area contributed by atoms with E-state index in [1.165, 1.54) is 13.3 Å². The van der Waals surface area contributed by atoms with E-state index in [-0.39, 0.29) is 11.7 Å². The van der Waals surface area contributed by atoms with Gasteiger partial charge >= 0.3 is 5.97 Å². The first-order valence-electron chi connectivity index (χ1n) is 9.83. The zero-order chi connectivity index (χ0) is 23.6. The van der Waals surface area contributed by atoms with Crippen LogP contribution in [0.25, 0.3) is 0 Å². The molecule has 0 bridgehead atoms. The second-order valence-electron chi connectivity index (χ2n) is 6.63. The molecule has 3 rings (SSSR count). The molecular weight excluding hydrogens is 488 g/mol. The van der Waals surface area contributed by atoms with Crippen LogP contribution in [0.1, 0.15) is 26.3 Å². The zero-order valence-corrected chi connectivity index (χ0v) is 19.4. The maximum atomic E-state index is 12.4. The molecule has 0 fully saturated rings. The van der Waals surface area contributed by atoms with Gasteiger partial charge < -0.3 is 14.2 Å². The number of ether oxygens (including phenoxy) is 3. The molecule has 1 N–H and O–H groups in total.